The van der Waals surface area contributed by atoms with E-state index in [1.807, 2.05) is 24.3 Å². The molecule has 0 aliphatic heterocycles. The smallest absolute Gasteiger partial charge is 0.309 e. The van der Waals surface area contributed by atoms with Gasteiger partial charge in [0.15, 0.2) is 0 Å². The zero-order chi connectivity index (χ0) is 15.7. The van der Waals surface area contributed by atoms with E-state index < -0.39 is 16.8 Å². The minimum atomic E-state index is -0.842. The molecule has 1 fully saturated rings. The van der Waals surface area contributed by atoms with Crippen LogP contribution in [0.15, 0.2) is 28.7 Å². The molecule has 0 bridgehead atoms. The SMILES string of the molecule is CC(C)(CCNC(=O)C1(c2ccc(Br)cc2)CC1)C(=O)O. The van der Waals surface area contributed by atoms with Gasteiger partial charge in [0.05, 0.1) is 10.8 Å². The van der Waals surface area contributed by atoms with Crippen LogP contribution in [-0.4, -0.2) is 23.5 Å². The van der Waals surface area contributed by atoms with E-state index in [1.165, 1.54) is 0 Å². The van der Waals surface area contributed by atoms with Gasteiger partial charge in [-0.25, -0.2) is 0 Å². The molecule has 0 unspecified atom stereocenters. The lowest BCUT2D eigenvalue weighted by Crippen LogP contribution is -2.37. The van der Waals surface area contributed by atoms with Crippen LogP contribution in [0.5, 0.6) is 0 Å². The Morgan fingerprint density at radius 2 is 1.86 bits per heavy atom. The van der Waals surface area contributed by atoms with E-state index >= 15 is 0 Å². The molecule has 1 aromatic carbocycles. The lowest BCUT2D eigenvalue weighted by Gasteiger charge is -2.21. The largest absolute Gasteiger partial charge is 0.481 e. The number of rotatable bonds is 6. The molecule has 0 heterocycles. The first-order valence-electron chi connectivity index (χ1n) is 7.06. The van der Waals surface area contributed by atoms with Crippen molar-refractivity contribution in [2.75, 3.05) is 6.54 Å². The Labute approximate surface area is 133 Å². The molecule has 114 valence electrons. The molecule has 0 spiro atoms. The molecule has 4 nitrogen and oxygen atoms in total. The minimum Gasteiger partial charge on any atom is -0.481 e. The van der Waals surface area contributed by atoms with Gasteiger partial charge in [-0.15, -0.1) is 0 Å². The third kappa shape index (κ3) is 3.46. The van der Waals surface area contributed by atoms with Crippen molar-refractivity contribution in [1.82, 2.24) is 5.32 Å². The van der Waals surface area contributed by atoms with E-state index in [0.717, 1.165) is 22.9 Å². The lowest BCUT2D eigenvalue weighted by molar-refractivity contribution is -0.147. The predicted molar refractivity (Wildman–Crippen MR) is 84.1 cm³/mol. The number of carboxylic acids is 1. The quantitative estimate of drug-likeness (QED) is 0.825. The maximum absolute atomic E-state index is 12.4. The van der Waals surface area contributed by atoms with Gasteiger partial charge >= 0.3 is 5.97 Å². The fourth-order valence-corrected chi connectivity index (χ4v) is 2.57. The standard InChI is InChI=1S/C16H20BrNO3/c1-15(2,14(20)21)9-10-18-13(19)16(7-8-16)11-3-5-12(17)6-4-11/h3-6H,7-10H2,1-2H3,(H,18,19)(H,20,21). The number of amides is 1. The molecule has 2 rings (SSSR count). The molecule has 0 atom stereocenters. The van der Waals surface area contributed by atoms with Gasteiger partial charge in [0, 0.05) is 11.0 Å². The van der Waals surface area contributed by atoms with Crippen LogP contribution < -0.4 is 5.32 Å². The van der Waals surface area contributed by atoms with Gasteiger partial charge in [0.25, 0.3) is 0 Å². The van der Waals surface area contributed by atoms with E-state index in [9.17, 15) is 9.59 Å². The van der Waals surface area contributed by atoms with Crippen molar-refractivity contribution in [1.29, 1.82) is 0 Å². The molecule has 5 heteroatoms. The molecule has 1 aliphatic rings. The zero-order valence-corrected chi connectivity index (χ0v) is 13.9. The lowest BCUT2D eigenvalue weighted by atomic mass is 9.89. The van der Waals surface area contributed by atoms with Crippen molar-refractivity contribution in [2.24, 2.45) is 5.41 Å². The molecular formula is C16H20BrNO3. The van der Waals surface area contributed by atoms with Crippen molar-refractivity contribution < 1.29 is 14.7 Å². The second kappa shape index (κ2) is 5.79. The summed E-state index contributed by atoms with van der Waals surface area (Å²) in [6.07, 6.45) is 2.12. The summed E-state index contributed by atoms with van der Waals surface area (Å²) in [4.78, 5) is 23.4. The highest BCUT2D eigenvalue weighted by molar-refractivity contribution is 9.10. The number of hydrogen-bond donors (Lipinski definition) is 2. The summed E-state index contributed by atoms with van der Waals surface area (Å²) < 4.78 is 0.991. The normalized spacial score (nSPS) is 16.3. The first-order chi connectivity index (χ1) is 9.78. The van der Waals surface area contributed by atoms with Crippen LogP contribution in [0.1, 0.15) is 38.7 Å². The van der Waals surface area contributed by atoms with Crippen LogP contribution in [-0.2, 0) is 15.0 Å². The van der Waals surface area contributed by atoms with E-state index in [4.69, 9.17) is 5.11 Å². The van der Waals surface area contributed by atoms with Crippen molar-refractivity contribution in [3.05, 3.63) is 34.3 Å². The van der Waals surface area contributed by atoms with E-state index in [-0.39, 0.29) is 5.91 Å². The van der Waals surface area contributed by atoms with Gasteiger partial charge in [-0.05, 0) is 50.8 Å². The molecule has 21 heavy (non-hydrogen) atoms. The number of benzene rings is 1. The number of nitrogens with one attached hydrogen (secondary N) is 1. The third-order valence-corrected chi connectivity index (χ3v) is 4.72. The maximum atomic E-state index is 12.4. The summed E-state index contributed by atoms with van der Waals surface area (Å²) in [7, 11) is 0. The second-order valence-corrected chi connectivity index (χ2v) is 7.20. The topological polar surface area (TPSA) is 66.4 Å². The average Bonchev–Trinajstić information content (AvgIpc) is 3.20. The summed E-state index contributed by atoms with van der Waals surface area (Å²) in [5.41, 5.74) is -0.198. The first kappa shape index (κ1) is 16.0. The van der Waals surface area contributed by atoms with Crippen LogP contribution >= 0.6 is 15.9 Å². The monoisotopic (exact) mass is 353 g/mol. The highest BCUT2D eigenvalue weighted by Crippen LogP contribution is 2.48. The highest BCUT2D eigenvalue weighted by atomic mass is 79.9. The molecule has 1 amide bonds. The van der Waals surface area contributed by atoms with Crippen LogP contribution in [0.4, 0.5) is 0 Å². The Hall–Kier alpha value is -1.36. The second-order valence-electron chi connectivity index (χ2n) is 6.28. The first-order valence-corrected chi connectivity index (χ1v) is 7.85. The minimum absolute atomic E-state index is 0.00557. The molecule has 0 saturated heterocycles. The van der Waals surface area contributed by atoms with E-state index in [0.29, 0.717) is 13.0 Å². The number of carbonyl (C=O) groups excluding carboxylic acids is 1. The van der Waals surface area contributed by atoms with Crippen molar-refractivity contribution >= 4 is 27.8 Å². The molecule has 1 aromatic rings. The van der Waals surface area contributed by atoms with Gasteiger partial charge in [-0.3, -0.25) is 9.59 Å². The van der Waals surface area contributed by atoms with Crippen molar-refractivity contribution in [3.8, 4) is 0 Å². The fraction of sp³-hybridized carbons (Fsp3) is 0.500. The molecule has 2 N–H and O–H groups in total. The Morgan fingerprint density at radius 3 is 2.33 bits per heavy atom. The zero-order valence-electron chi connectivity index (χ0n) is 12.3. The average molecular weight is 354 g/mol. The molecule has 1 saturated carbocycles. The van der Waals surface area contributed by atoms with E-state index in [1.54, 1.807) is 13.8 Å². The van der Waals surface area contributed by atoms with Crippen molar-refractivity contribution in [3.63, 3.8) is 0 Å². The summed E-state index contributed by atoms with van der Waals surface area (Å²) in [6, 6.07) is 7.82. The van der Waals surface area contributed by atoms with Gasteiger partial charge in [0.2, 0.25) is 5.91 Å². The summed E-state index contributed by atoms with van der Waals surface area (Å²) >= 11 is 3.39. The number of carbonyl (C=O) groups is 2. The Bertz CT molecular complexity index is 547. The van der Waals surface area contributed by atoms with Gasteiger partial charge in [0.1, 0.15) is 0 Å². The number of aliphatic carboxylic acids is 1. The van der Waals surface area contributed by atoms with Crippen LogP contribution in [0.3, 0.4) is 0 Å². The number of carboxylic acid groups (broad SMARTS) is 1. The number of hydrogen-bond acceptors (Lipinski definition) is 2. The third-order valence-electron chi connectivity index (χ3n) is 4.20. The van der Waals surface area contributed by atoms with Gasteiger partial charge in [-0.2, -0.15) is 0 Å². The number of halogens is 1. The van der Waals surface area contributed by atoms with E-state index in [2.05, 4.69) is 21.2 Å². The summed E-state index contributed by atoms with van der Waals surface area (Å²) in [6.45, 7) is 3.72. The Balaban J connectivity index is 1.95. The van der Waals surface area contributed by atoms with Crippen LogP contribution in [0, 0.1) is 5.41 Å². The molecule has 0 aromatic heterocycles. The van der Waals surface area contributed by atoms with Crippen LogP contribution in [0.25, 0.3) is 0 Å². The van der Waals surface area contributed by atoms with Gasteiger partial charge in [-0.1, -0.05) is 28.1 Å². The predicted octanol–water partition coefficient (Wildman–Crippen LogP) is 3.10. The Kier molecular flexibility index (Phi) is 4.42. The van der Waals surface area contributed by atoms with Gasteiger partial charge < -0.3 is 10.4 Å². The highest BCUT2D eigenvalue weighted by Gasteiger charge is 2.51. The maximum Gasteiger partial charge on any atom is 0.309 e. The Morgan fingerprint density at radius 1 is 1.29 bits per heavy atom. The summed E-state index contributed by atoms with van der Waals surface area (Å²) in [5.74, 6) is -0.836. The molecular weight excluding hydrogens is 334 g/mol. The molecule has 1 aliphatic carbocycles. The fourth-order valence-electron chi connectivity index (χ4n) is 2.31. The molecule has 0 radical (unpaired) electrons. The van der Waals surface area contributed by atoms with Crippen molar-refractivity contribution in [2.45, 2.75) is 38.5 Å². The van der Waals surface area contributed by atoms with Crippen LogP contribution in [0.2, 0.25) is 0 Å². The summed E-state index contributed by atoms with van der Waals surface area (Å²) in [5, 5.41) is 12.0.